The third-order valence-electron chi connectivity index (χ3n) is 3.10. The second-order valence-corrected chi connectivity index (χ2v) is 6.57. The Labute approximate surface area is 124 Å². The smallest absolute Gasteiger partial charge is 0.243 e. The van der Waals surface area contributed by atoms with Crippen molar-refractivity contribution in [3.05, 3.63) is 59.9 Å². The van der Waals surface area contributed by atoms with E-state index in [1.54, 1.807) is 31.2 Å². The number of nitrogen functional groups attached to an aromatic ring is 1. The highest BCUT2D eigenvalue weighted by Crippen LogP contribution is 2.20. The van der Waals surface area contributed by atoms with Gasteiger partial charge in [-0.15, -0.1) is 0 Å². The van der Waals surface area contributed by atoms with Gasteiger partial charge in [0, 0.05) is 18.8 Å². The Morgan fingerprint density at radius 3 is 2.48 bits per heavy atom. The molecule has 2 aromatic rings. The van der Waals surface area contributed by atoms with Crippen molar-refractivity contribution in [3.63, 3.8) is 0 Å². The van der Waals surface area contributed by atoms with Gasteiger partial charge in [0.25, 0.3) is 0 Å². The fraction of sp³-hybridized carbons (Fsp3) is 0.200. The fourth-order valence-electron chi connectivity index (χ4n) is 2.03. The Morgan fingerprint density at radius 2 is 1.86 bits per heavy atom. The molecule has 0 aromatic heterocycles. The summed E-state index contributed by atoms with van der Waals surface area (Å²) in [6.45, 7) is 2.14. The number of hydrogen-bond donors (Lipinski definition) is 1. The van der Waals surface area contributed by atoms with Crippen molar-refractivity contribution in [2.75, 3.05) is 12.3 Å². The van der Waals surface area contributed by atoms with Gasteiger partial charge in [-0.1, -0.05) is 25.1 Å². The summed E-state index contributed by atoms with van der Waals surface area (Å²) in [6.07, 6.45) is 0. The number of sulfonamides is 1. The van der Waals surface area contributed by atoms with Crippen molar-refractivity contribution < 1.29 is 12.8 Å². The van der Waals surface area contributed by atoms with E-state index in [1.165, 1.54) is 28.6 Å². The van der Waals surface area contributed by atoms with Gasteiger partial charge in [-0.25, -0.2) is 12.8 Å². The Morgan fingerprint density at radius 1 is 1.14 bits per heavy atom. The van der Waals surface area contributed by atoms with Crippen LogP contribution in [0.2, 0.25) is 0 Å². The number of halogens is 1. The summed E-state index contributed by atoms with van der Waals surface area (Å²) >= 11 is 0. The van der Waals surface area contributed by atoms with E-state index >= 15 is 0 Å². The molecule has 0 unspecified atom stereocenters. The number of nitrogens with zero attached hydrogens (tertiary/aromatic N) is 1. The summed E-state index contributed by atoms with van der Waals surface area (Å²) in [7, 11) is -3.65. The van der Waals surface area contributed by atoms with Gasteiger partial charge in [-0.3, -0.25) is 0 Å². The maximum absolute atomic E-state index is 13.2. The zero-order valence-electron chi connectivity index (χ0n) is 11.7. The van der Waals surface area contributed by atoms with E-state index in [9.17, 15) is 12.8 Å². The molecule has 112 valence electrons. The molecule has 0 spiro atoms. The monoisotopic (exact) mass is 308 g/mol. The molecule has 6 heteroatoms. The van der Waals surface area contributed by atoms with E-state index in [0.29, 0.717) is 11.3 Å². The average molecular weight is 308 g/mol. The van der Waals surface area contributed by atoms with Crippen LogP contribution in [0.15, 0.2) is 53.4 Å². The molecule has 0 aliphatic heterocycles. The van der Waals surface area contributed by atoms with Crippen LogP contribution in [0.3, 0.4) is 0 Å². The predicted octanol–water partition coefficient (Wildman–Crippen LogP) is 2.62. The van der Waals surface area contributed by atoms with Crippen molar-refractivity contribution >= 4 is 15.7 Å². The van der Waals surface area contributed by atoms with E-state index in [0.717, 1.165) is 0 Å². The zero-order valence-corrected chi connectivity index (χ0v) is 12.5. The number of hydrogen-bond acceptors (Lipinski definition) is 3. The standard InChI is InChI=1S/C15H17FN2O2S/c1-2-18(11-12-5-3-6-13(16)9-12)21(19,20)15-8-4-7-14(17)10-15/h3-10H,2,11,17H2,1H3. The number of rotatable bonds is 5. The molecular weight excluding hydrogens is 291 g/mol. The SMILES string of the molecule is CCN(Cc1cccc(F)c1)S(=O)(=O)c1cccc(N)c1. The van der Waals surface area contributed by atoms with E-state index in [-0.39, 0.29) is 23.8 Å². The van der Waals surface area contributed by atoms with Crippen LogP contribution < -0.4 is 5.73 Å². The molecule has 0 heterocycles. The highest BCUT2D eigenvalue weighted by atomic mass is 32.2. The lowest BCUT2D eigenvalue weighted by Crippen LogP contribution is -2.30. The van der Waals surface area contributed by atoms with Crippen molar-refractivity contribution in [2.24, 2.45) is 0 Å². The minimum atomic E-state index is -3.65. The molecule has 4 nitrogen and oxygen atoms in total. The number of anilines is 1. The Balaban J connectivity index is 2.32. The first-order chi connectivity index (χ1) is 9.93. The van der Waals surface area contributed by atoms with Crippen LogP contribution in [0.1, 0.15) is 12.5 Å². The zero-order chi connectivity index (χ0) is 15.5. The number of benzene rings is 2. The minimum absolute atomic E-state index is 0.116. The summed E-state index contributed by atoms with van der Waals surface area (Å²) in [4.78, 5) is 0.140. The van der Waals surface area contributed by atoms with Crippen LogP contribution in [0.25, 0.3) is 0 Å². The van der Waals surface area contributed by atoms with Gasteiger partial charge >= 0.3 is 0 Å². The quantitative estimate of drug-likeness (QED) is 0.864. The lowest BCUT2D eigenvalue weighted by molar-refractivity contribution is 0.422. The molecule has 0 atom stereocenters. The van der Waals surface area contributed by atoms with E-state index in [4.69, 9.17) is 5.73 Å². The largest absolute Gasteiger partial charge is 0.399 e. The van der Waals surface area contributed by atoms with E-state index in [1.807, 2.05) is 0 Å². The van der Waals surface area contributed by atoms with Crippen molar-refractivity contribution in [1.29, 1.82) is 0 Å². The molecule has 21 heavy (non-hydrogen) atoms. The first-order valence-corrected chi connectivity index (χ1v) is 7.97. The first kappa shape index (κ1) is 15.5. The molecule has 2 N–H and O–H groups in total. The summed E-state index contributed by atoms with van der Waals surface area (Å²) < 4.78 is 39.7. The molecule has 0 radical (unpaired) electrons. The summed E-state index contributed by atoms with van der Waals surface area (Å²) in [5.74, 6) is -0.384. The molecule has 0 fully saturated rings. The lowest BCUT2D eigenvalue weighted by atomic mass is 10.2. The summed E-state index contributed by atoms with van der Waals surface area (Å²) in [6, 6.07) is 12.1. The van der Waals surface area contributed by atoms with E-state index < -0.39 is 10.0 Å². The molecule has 0 saturated heterocycles. The predicted molar refractivity (Wildman–Crippen MR) is 80.5 cm³/mol. The Bertz CT molecular complexity index is 732. The maximum atomic E-state index is 13.2. The lowest BCUT2D eigenvalue weighted by Gasteiger charge is -2.20. The van der Waals surface area contributed by atoms with Crippen molar-refractivity contribution in [1.82, 2.24) is 4.31 Å². The van der Waals surface area contributed by atoms with Crippen LogP contribution in [0.5, 0.6) is 0 Å². The van der Waals surface area contributed by atoms with Crippen molar-refractivity contribution in [2.45, 2.75) is 18.4 Å². The Kier molecular flexibility index (Phi) is 4.59. The maximum Gasteiger partial charge on any atom is 0.243 e. The molecule has 2 rings (SSSR count). The molecule has 0 aliphatic carbocycles. The molecule has 0 saturated carbocycles. The van der Waals surface area contributed by atoms with Gasteiger partial charge in [-0.2, -0.15) is 4.31 Å². The third-order valence-corrected chi connectivity index (χ3v) is 5.01. The van der Waals surface area contributed by atoms with Crippen LogP contribution in [0.4, 0.5) is 10.1 Å². The number of nitrogens with two attached hydrogens (primary N) is 1. The van der Waals surface area contributed by atoms with Crippen LogP contribution in [0, 0.1) is 5.82 Å². The van der Waals surface area contributed by atoms with Crippen molar-refractivity contribution in [3.8, 4) is 0 Å². The molecular formula is C15H17FN2O2S. The first-order valence-electron chi connectivity index (χ1n) is 6.53. The van der Waals surface area contributed by atoms with Gasteiger partial charge in [0.2, 0.25) is 10.0 Å². The summed E-state index contributed by atoms with van der Waals surface area (Å²) in [5, 5.41) is 0. The molecule has 2 aromatic carbocycles. The molecule has 0 aliphatic rings. The van der Waals surface area contributed by atoms with Gasteiger partial charge in [0.05, 0.1) is 4.90 Å². The average Bonchev–Trinajstić information content (AvgIpc) is 2.44. The van der Waals surface area contributed by atoms with Gasteiger partial charge in [-0.05, 0) is 35.9 Å². The molecule has 0 bridgehead atoms. The van der Waals surface area contributed by atoms with Gasteiger partial charge < -0.3 is 5.73 Å². The second kappa shape index (κ2) is 6.24. The normalized spacial score (nSPS) is 11.8. The van der Waals surface area contributed by atoms with Crippen LogP contribution in [-0.2, 0) is 16.6 Å². The minimum Gasteiger partial charge on any atom is -0.399 e. The third kappa shape index (κ3) is 3.59. The molecule has 0 amide bonds. The second-order valence-electron chi connectivity index (χ2n) is 4.63. The Hall–Kier alpha value is -1.92. The van der Waals surface area contributed by atoms with Gasteiger partial charge in [0.1, 0.15) is 5.82 Å². The van der Waals surface area contributed by atoms with Crippen LogP contribution >= 0.6 is 0 Å². The van der Waals surface area contributed by atoms with Gasteiger partial charge in [0.15, 0.2) is 0 Å². The highest BCUT2D eigenvalue weighted by Gasteiger charge is 2.23. The van der Waals surface area contributed by atoms with Crippen LogP contribution in [-0.4, -0.2) is 19.3 Å². The van der Waals surface area contributed by atoms with E-state index in [2.05, 4.69) is 0 Å². The summed E-state index contributed by atoms with van der Waals surface area (Å²) in [5.41, 5.74) is 6.62. The fourth-order valence-corrected chi connectivity index (χ4v) is 3.52. The topological polar surface area (TPSA) is 63.4 Å². The highest BCUT2D eigenvalue weighted by molar-refractivity contribution is 7.89.